The Balaban J connectivity index is 1.27. The lowest BCUT2D eigenvalue weighted by atomic mass is 10.2. The molecule has 170 valence electrons. The van der Waals surface area contributed by atoms with Crippen LogP contribution in [0.5, 0.6) is 5.75 Å². The number of hydrogen-bond acceptors (Lipinski definition) is 8. The molecule has 0 atom stereocenters. The largest absolute Gasteiger partial charge is 0.497 e. The molecule has 10 nitrogen and oxygen atoms in total. The second-order valence-electron chi connectivity index (χ2n) is 7.87. The molecule has 0 aliphatic carbocycles. The van der Waals surface area contributed by atoms with E-state index in [0.29, 0.717) is 11.4 Å². The second-order valence-corrected chi connectivity index (χ2v) is 8.23. The monoisotopic (exact) mass is 463 g/mol. The number of anilines is 1. The van der Waals surface area contributed by atoms with E-state index in [1.54, 1.807) is 11.8 Å². The van der Waals surface area contributed by atoms with Gasteiger partial charge in [0.05, 0.1) is 19.5 Å². The Kier molecular flexibility index (Phi) is 5.88. The highest BCUT2D eigenvalue weighted by atomic mass is 32.1. The van der Waals surface area contributed by atoms with Gasteiger partial charge in [-0.3, -0.25) is 4.90 Å². The molecule has 3 heterocycles. The highest BCUT2D eigenvalue weighted by Crippen LogP contribution is 2.22. The third-order valence-electron chi connectivity index (χ3n) is 5.83. The first kappa shape index (κ1) is 21.3. The van der Waals surface area contributed by atoms with Gasteiger partial charge in [-0.15, -0.1) is 0 Å². The summed E-state index contributed by atoms with van der Waals surface area (Å²) in [6, 6.07) is 17.8. The van der Waals surface area contributed by atoms with Gasteiger partial charge in [0, 0.05) is 38.8 Å². The van der Waals surface area contributed by atoms with Crippen LogP contribution in [0.15, 0.2) is 54.6 Å². The average Bonchev–Trinajstić information content (AvgIpc) is 3.46. The normalized spacial score (nSPS) is 14.5. The van der Waals surface area contributed by atoms with Gasteiger partial charge in [0.25, 0.3) is 0 Å². The summed E-state index contributed by atoms with van der Waals surface area (Å²) in [5.74, 6) is 2.41. The molecule has 0 spiro atoms. The molecular weight excluding hydrogens is 438 g/mol. The van der Waals surface area contributed by atoms with Crippen LogP contribution in [0.4, 0.5) is 5.95 Å². The Morgan fingerprint density at radius 1 is 0.970 bits per heavy atom. The minimum atomic E-state index is 0.639. The van der Waals surface area contributed by atoms with Gasteiger partial charge in [0.15, 0.2) is 10.6 Å². The molecule has 0 radical (unpaired) electrons. The first-order valence-electron chi connectivity index (χ1n) is 10.7. The Labute approximate surface area is 196 Å². The van der Waals surface area contributed by atoms with Gasteiger partial charge in [0.2, 0.25) is 5.95 Å². The molecule has 1 aliphatic heterocycles. The van der Waals surface area contributed by atoms with Gasteiger partial charge >= 0.3 is 0 Å². The highest BCUT2D eigenvalue weighted by molar-refractivity contribution is 7.71. The number of rotatable bonds is 6. The fourth-order valence-electron chi connectivity index (χ4n) is 3.97. The van der Waals surface area contributed by atoms with Gasteiger partial charge in [-0.1, -0.05) is 23.3 Å². The SMILES string of the molecule is COc1ccc(-c2nn(CN3CCN(c4nnnn4-c4ccccc4)CC3)c(=S)n2C)cc1. The number of hydrogen-bond donors (Lipinski definition) is 0. The molecule has 2 aromatic heterocycles. The molecule has 11 heteroatoms. The first-order valence-corrected chi connectivity index (χ1v) is 11.1. The lowest BCUT2D eigenvalue weighted by Gasteiger charge is -2.34. The van der Waals surface area contributed by atoms with Gasteiger partial charge in [-0.25, -0.2) is 4.68 Å². The van der Waals surface area contributed by atoms with Gasteiger partial charge in [-0.2, -0.15) is 9.78 Å². The van der Waals surface area contributed by atoms with Crippen LogP contribution in [-0.2, 0) is 13.7 Å². The van der Waals surface area contributed by atoms with Crippen molar-refractivity contribution in [1.29, 1.82) is 0 Å². The van der Waals surface area contributed by atoms with Crippen molar-refractivity contribution < 1.29 is 4.74 Å². The second kappa shape index (κ2) is 9.12. The summed E-state index contributed by atoms with van der Waals surface area (Å²) in [4.78, 5) is 4.55. The van der Waals surface area contributed by atoms with E-state index >= 15 is 0 Å². The highest BCUT2D eigenvalue weighted by Gasteiger charge is 2.23. The number of nitrogens with zero attached hydrogens (tertiary/aromatic N) is 9. The number of aromatic nitrogens is 7. The van der Waals surface area contributed by atoms with Gasteiger partial charge in [-0.05, 0) is 59.0 Å². The predicted octanol–water partition coefficient (Wildman–Crippen LogP) is 2.38. The van der Waals surface area contributed by atoms with Gasteiger partial charge < -0.3 is 14.2 Å². The fourth-order valence-corrected chi connectivity index (χ4v) is 4.15. The minimum absolute atomic E-state index is 0.639. The molecule has 1 aliphatic rings. The quantitative estimate of drug-likeness (QED) is 0.403. The summed E-state index contributed by atoms with van der Waals surface area (Å²) in [5, 5.41) is 17.1. The van der Waals surface area contributed by atoms with Crippen molar-refractivity contribution in [1.82, 2.24) is 39.5 Å². The summed E-state index contributed by atoms with van der Waals surface area (Å²) in [7, 11) is 3.61. The first-order chi connectivity index (χ1) is 16.1. The van der Waals surface area contributed by atoms with E-state index < -0.39 is 0 Å². The van der Waals surface area contributed by atoms with Crippen molar-refractivity contribution in [2.75, 3.05) is 38.2 Å². The smallest absolute Gasteiger partial charge is 0.250 e. The standard InChI is InChI=1S/C22H25N9OS/c1-27-20(17-8-10-19(32-2)11-9-17)24-30(22(27)33)16-28-12-14-29(15-13-28)21-23-25-26-31(21)18-6-4-3-5-7-18/h3-11H,12-16H2,1-2H3. The van der Waals surface area contributed by atoms with Crippen molar-refractivity contribution >= 4 is 18.2 Å². The third-order valence-corrected chi connectivity index (χ3v) is 6.32. The maximum atomic E-state index is 5.66. The van der Waals surface area contributed by atoms with Crippen LogP contribution in [0, 0.1) is 4.77 Å². The van der Waals surface area contributed by atoms with E-state index in [0.717, 1.165) is 55.0 Å². The Morgan fingerprint density at radius 2 is 1.70 bits per heavy atom. The molecule has 4 aromatic rings. The van der Waals surface area contributed by atoms with Crippen LogP contribution < -0.4 is 9.64 Å². The number of ether oxygens (including phenoxy) is 1. The third kappa shape index (κ3) is 4.24. The summed E-state index contributed by atoms with van der Waals surface area (Å²) in [5.41, 5.74) is 1.95. The Bertz CT molecular complexity index is 1270. The Hall–Kier alpha value is -3.57. The van der Waals surface area contributed by atoms with Crippen molar-refractivity contribution in [3.05, 3.63) is 59.4 Å². The van der Waals surface area contributed by atoms with Gasteiger partial charge in [0.1, 0.15) is 5.75 Å². The number of benzene rings is 2. The molecule has 33 heavy (non-hydrogen) atoms. The van der Waals surface area contributed by atoms with Crippen LogP contribution in [0.2, 0.25) is 0 Å². The molecule has 0 bridgehead atoms. The van der Waals surface area contributed by atoms with Crippen molar-refractivity contribution in [3.63, 3.8) is 0 Å². The molecule has 2 aromatic carbocycles. The summed E-state index contributed by atoms with van der Waals surface area (Å²) in [6.45, 7) is 3.99. The fraction of sp³-hybridized carbons (Fsp3) is 0.318. The van der Waals surface area contributed by atoms with Crippen LogP contribution in [0.25, 0.3) is 17.1 Å². The Morgan fingerprint density at radius 3 is 2.39 bits per heavy atom. The summed E-state index contributed by atoms with van der Waals surface area (Å²) < 4.78 is 11.6. The van der Waals surface area contributed by atoms with Crippen molar-refractivity contribution in [2.24, 2.45) is 7.05 Å². The number of methoxy groups -OCH3 is 1. The zero-order valence-corrected chi connectivity index (χ0v) is 19.4. The zero-order chi connectivity index (χ0) is 22.8. The topological polar surface area (TPSA) is 82.1 Å². The molecule has 0 unspecified atom stereocenters. The van der Waals surface area contributed by atoms with Crippen LogP contribution >= 0.6 is 12.2 Å². The average molecular weight is 464 g/mol. The van der Waals surface area contributed by atoms with E-state index in [1.165, 1.54) is 0 Å². The van der Waals surface area contributed by atoms with Crippen LogP contribution in [0.3, 0.4) is 0 Å². The molecule has 1 fully saturated rings. The van der Waals surface area contributed by atoms with E-state index in [9.17, 15) is 0 Å². The summed E-state index contributed by atoms with van der Waals surface area (Å²) >= 11 is 5.66. The van der Waals surface area contributed by atoms with E-state index in [-0.39, 0.29) is 0 Å². The zero-order valence-electron chi connectivity index (χ0n) is 18.6. The van der Waals surface area contributed by atoms with Crippen molar-refractivity contribution in [3.8, 4) is 22.8 Å². The van der Waals surface area contributed by atoms with E-state index in [4.69, 9.17) is 22.1 Å². The molecule has 0 N–H and O–H groups in total. The molecule has 5 rings (SSSR count). The molecule has 0 saturated carbocycles. The number of tetrazole rings is 1. The lowest BCUT2D eigenvalue weighted by molar-refractivity contribution is 0.193. The number of piperazine rings is 1. The maximum Gasteiger partial charge on any atom is 0.250 e. The number of para-hydroxylation sites is 1. The molecule has 0 amide bonds. The van der Waals surface area contributed by atoms with Crippen LogP contribution in [-0.4, -0.2) is 72.7 Å². The van der Waals surface area contributed by atoms with E-state index in [1.807, 2.05) is 70.9 Å². The lowest BCUT2D eigenvalue weighted by Crippen LogP contribution is -2.47. The maximum absolute atomic E-state index is 5.66. The molecular formula is C22H25N9OS. The van der Waals surface area contributed by atoms with E-state index in [2.05, 4.69) is 25.3 Å². The summed E-state index contributed by atoms with van der Waals surface area (Å²) in [6.07, 6.45) is 0. The predicted molar refractivity (Wildman–Crippen MR) is 127 cm³/mol. The molecule has 1 saturated heterocycles. The van der Waals surface area contributed by atoms with Crippen LogP contribution in [0.1, 0.15) is 0 Å². The van der Waals surface area contributed by atoms with Crippen molar-refractivity contribution in [2.45, 2.75) is 6.67 Å². The minimum Gasteiger partial charge on any atom is -0.497 e.